The van der Waals surface area contributed by atoms with E-state index in [2.05, 4.69) is 15.5 Å². The van der Waals surface area contributed by atoms with E-state index in [1.165, 1.54) is 6.26 Å². The summed E-state index contributed by atoms with van der Waals surface area (Å²) < 4.78 is 23.4. The van der Waals surface area contributed by atoms with Crippen molar-refractivity contribution in [3.8, 4) is 0 Å². The molecule has 2 saturated heterocycles. The van der Waals surface area contributed by atoms with Gasteiger partial charge in [0.2, 0.25) is 5.91 Å². The van der Waals surface area contributed by atoms with E-state index in [-0.39, 0.29) is 36.8 Å². The molecule has 0 aromatic heterocycles. The third-order valence-electron chi connectivity index (χ3n) is 5.23. The van der Waals surface area contributed by atoms with E-state index < -0.39 is 14.6 Å². The number of nitrogens with zero attached hydrogens (tertiary/aromatic N) is 1. The topological polar surface area (TPSA) is 78.5 Å². The van der Waals surface area contributed by atoms with Crippen molar-refractivity contribution in [1.29, 1.82) is 0 Å². The number of carbonyl (C=O) groups is 1. The van der Waals surface area contributed by atoms with Crippen LogP contribution < -0.4 is 15.5 Å². The number of halogens is 3. The Morgan fingerprint density at radius 2 is 1.96 bits per heavy atom. The third-order valence-corrected chi connectivity index (χ3v) is 7.48. The van der Waals surface area contributed by atoms with Crippen LogP contribution in [0.1, 0.15) is 19.3 Å². The molecule has 2 aliphatic rings. The Labute approximate surface area is 178 Å². The second-order valence-corrected chi connectivity index (χ2v) is 9.66. The van der Waals surface area contributed by atoms with E-state index in [4.69, 9.17) is 11.6 Å². The molecule has 2 heterocycles. The Balaban J connectivity index is 0.00000182. The van der Waals surface area contributed by atoms with Gasteiger partial charge in [-0.15, -0.1) is 24.8 Å². The van der Waals surface area contributed by atoms with Gasteiger partial charge in [0.1, 0.15) is 0 Å². The van der Waals surface area contributed by atoms with Crippen molar-refractivity contribution in [2.75, 3.05) is 37.3 Å². The maximum absolute atomic E-state index is 12.9. The fourth-order valence-corrected chi connectivity index (χ4v) is 5.23. The molecule has 2 fully saturated rings. The molecule has 1 atom stereocenters. The van der Waals surface area contributed by atoms with Gasteiger partial charge in [0, 0.05) is 36.1 Å². The van der Waals surface area contributed by atoms with Gasteiger partial charge < -0.3 is 15.5 Å². The number of piperidine rings is 1. The first kappa shape index (κ1) is 24.3. The number of nitrogens with one attached hydrogen (secondary N) is 2. The number of hydrogen-bond acceptors (Lipinski definition) is 5. The molecule has 2 aliphatic heterocycles. The quantitative estimate of drug-likeness (QED) is 0.722. The summed E-state index contributed by atoms with van der Waals surface area (Å²) in [5.74, 6) is -0.352. The van der Waals surface area contributed by atoms with Crippen LogP contribution in [0.4, 0.5) is 5.69 Å². The Kier molecular flexibility index (Phi) is 8.69. The number of amides is 1. The molecule has 0 spiro atoms. The maximum atomic E-state index is 12.9. The molecule has 1 amide bonds. The summed E-state index contributed by atoms with van der Waals surface area (Å²) in [7, 11) is -3.48. The van der Waals surface area contributed by atoms with E-state index >= 15 is 0 Å². The van der Waals surface area contributed by atoms with E-state index in [1.54, 1.807) is 0 Å². The van der Waals surface area contributed by atoms with Crippen LogP contribution in [0.3, 0.4) is 0 Å². The molecule has 2 N–H and O–H groups in total. The Bertz CT molecular complexity index is 755. The number of carbonyl (C=O) groups excluding carboxylic acids is 1. The monoisotopic (exact) mass is 457 g/mol. The Morgan fingerprint density at radius 1 is 1.30 bits per heavy atom. The smallest absolute Gasteiger partial charge is 0.241 e. The van der Waals surface area contributed by atoms with Crippen molar-refractivity contribution in [2.24, 2.45) is 0 Å². The van der Waals surface area contributed by atoms with Gasteiger partial charge in [-0.05, 0) is 50.6 Å². The first-order valence-electron chi connectivity index (χ1n) is 8.54. The van der Waals surface area contributed by atoms with Gasteiger partial charge in [0.25, 0.3) is 0 Å². The summed E-state index contributed by atoms with van der Waals surface area (Å²) in [6, 6.07) is 7.56. The van der Waals surface area contributed by atoms with Gasteiger partial charge in [0.05, 0.1) is 0 Å². The van der Waals surface area contributed by atoms with E-state index in [9.17, 15) is 13.2 Å². The van der Waals surface area contributed by atoms with Gasteiger partial charge in [-0.1, -0.05) is 17.7 Å². The van der Waals surface area contributed by atoms with Crippen LogP contribution in [-0.4, -0.2) is 57.5 Å². The van der Waals surface area contributed by atoms with Gasteiger partial charge in [-0.2, -0.15) is 0 Å². The van der Waals surface area contributed by atoms with E-state index in [0.717, 1.165) is 18.7 Å². The highest BCUT2D eigenvalue weighted by atomic mass is 35.5. The van der Waals surface area contributed by atoms with Crippen LogP contribution in [0.25, 0.3) is 0 Å². The predicted octanol–water partition coefficient (Wildman–Crippen LogP) is 2.05. The fourth-order valence-electron chi connectivity index (χ4n) is 3.70. The molecule has 0 aliphatic carbocycles. The van der Waals surface area contributed by atoms with Gasteiger partial charge in [0.15, 0.2) is 14.6 Å². The summed E-state index contributed by atoms with van der Waals surface area (Å²) in [5, 5.41) is 6.80. The highest BCUT2D eigenvalue weighted by Crippen LogP contribution is 2.29. The van der Waals surface area contributed by atoms with Crippen LogP contribution in [0.15, 0.2) is 24.3 Å². The average Bonchev–Trinajstić information content (AvgIpc) is 3.03. The van der Waals surface area contributed by atoms with Crippen molar-refractivity contribution in [3.63, 3.8) is 0 Å². The summed E-state index contributed by atoms with van der Waals surface area (Å²) in [6.45, 7) is 2.54. The van der Waals surface area contributed by atoms with Gasteiger partial charge >= 0.3 is 0 Å². The predicted molar refractivity (Wildman–Crippen MR) is 114 cm³/mol. The first-order valence-corrected chi connectivity index (χ1v) is 10.8. The van der Waals surface area contributed by atoms with Crippen molar-refractivity contribution in [2.45, 2.75) is 30.1 Å². The summed E-state index contributed by atoms with van der Waals surface area (Å²) >= 11 is 6.04. The molecule has 1 aromatic rings. The SMILES string of the molecule is CS(=O)(=O)C1(C(=O)NC2CCN(c3cccc(Cl)c3)C2)CCNCC1.Cl.Cl. The summed E-state index contributed by atoms with van der Waals surface area (Å²) in [4.78, 5) is 15.0. The molecule has 1 aromatic carbocycles. The number of benzene rings is 1. The number of hydrogen-bond donors (Lipinski definition) is 2. The summed E-state index contributed by atoms with van der Waals surface area (Å²) in [6.07, 6.45) is 2.60. The lowest BCUT2D eigenvalue weighted by atomic mass is 9.95. The van der Waals surface area contributed by atoms with Gasteiger partial charge in [-0.3, -0.25) is 4.79 Å². The minimum atomic E-state index is -3.48. The van der Waals surface area contributed by atoms with Crippen LogP contribution in [0.2, 0.25) is 5.02 Å². The minimum Gasteiger partial charge on any atom is -0.369 e. The van der Waals surface area contributed by atoms with Crippen molar-refractivity contribution in [1.82, 2.24) is 10.6 Å². The minimum absolute atomic E-state index is 0. The molecular formula is C17H26Cl3N3O3S. The van der Waals surface area contributed by atoms with Gasteiger partial charge in [-0.25, -0.2) is 8.42 Å². The first-order chi connectivity index (χ1) is 11.8. The zero-order valence-corrected chi connectivity index (χ0v) is 18.3. The molecule has 154 valence electrons. The van der Waals surface area contributed by atoms with Crippen LogP contribution >= 0.6 is 36.4 Å². The van der Waals surface area contributed by atoms with E-state index in [1.807, 2.05) is 24.3 Å². The molecule has 0 saturated carbocycles. The third kappa shape index (κ3) is 5.21. The number of anilines is 1. The molecule has 3 rings (SSSR count). The maximum Gasteiger partial charge on any atom is 0.241 e. The Hall–Kier alpha value is -0.730. The lowest BCUT2D eigenvalue weighted by Gasteiger charge is -2.35. The lowest BCUT2D eigenvalue weighted by molar-refractivity contribution is -0.124. The molecule has 6 nitrogen and oxygen atoms in total. The van der Waals surface area contributed by atoms with Crippen molar-refractivity contribution >= 4 is 57.8 Å². The van der Waals surface area contributed by atoms with Crippen LogP contribution in [-0.2, 0) is 14.6 Å². The number of sulfone groups is 1. The molecule has 0 bridgehead atoms. The summed E-state index contributed by atoms with van der Waals surface area (Å²) in [5.41, 5.74) is 1.02. The van der Waals surface area contributed by atoms with E-state index in [0.29, 0.717) is 37.5 Å². The molecule has 1 unspecified atom stereocenters. The van der Waals surface area contributed by atoms with Crippen molar-refractivity contribution in [3.05, 3.63) is 29.3 Å². The highest BCUT2D eigenvalue weighted by Gasteiger charge is 2.49. The average molecular weight is 459 g/mol. The molecule has 10 heteroatoms. The lowest BCUT2D eigenvalue weighted by Crippen LogP contribution is -2.59. The van der Waals surface area contributed by atoms with Crippen LogP contribution in [0.5, 0.6) is 0 Å². The largest absolute Gasteiger partial charge is 0.369 e. The second-order valence-electron chi connectivity index (χ2n) is 6.90. The highest BCUT2D eigenvalue weighted by molar-refractivity contribution is 7.92. The molecule has 27 heavy (non-hydrogen) atoms. The standard InChI is InChI=1S/C17H24ClN3O3S.2ClH/c1-25(23,24)17(6-8-19-9-7-17)16(22)20-14-5-10-21(12-14)15-4-2-3-13(18)11-15;;/h2-4,11,14,19H,5-10,12H2,1H3,(H,20,22);2*1H. The zero-order chi connectivity index (χ0) is 18.1. The normalized spacial score (nSPS) is 21.7. The Morgan fingerprint density at radius 3 is 2.56 bits per heavy atom. The second kappa shape index (κ2) is 9.65. The zero-order valence-electron chi connectivity index (χ0n) is 15.1. The fraction of sp³-hybridized carbons (Fsp3) is 0.588. The number of rotatable bonds is 4. The molecule has 0 radical (unpaired) electrons. The van der Waals surface area contributed by atoms with Crippen molar-refractivity contribution < 1.29 is 13.2 Å². The van der Waals surface area contributed by atoms with Crippen LogP contribution in [0, 0.1) is 0 Å². The molecular weight excluding hydrogens is 433 g/mol.